The number of aromatic hydroxyl groups is 1. The first kappa shape index (κ1) is 13.9. The molecule has 1 aromatic carbocycles. The molecule has 0 aliphatic heterocycles. The summed E-state index contributed by atoms with van der Waals surface area (Å²) in [5.74, 6) is 0.253. The van der Waals surface area contributed by atoms with E-state index in [1.165, 1.54) is 12.8 Å². The number of nitrogens with zero attached hydrogens (tertiary/aromatic N) is 1. The number of rotatable bonds is 4. The highest BCUT2D eigenvalue weighted by Crippen LogP contribution is 2.25. The van der Waals surface area contributed by atoms with Crippen LogP contribution in [0.4, 0.5) is 0 Å². The van der Waals surface area contributed by atoms with Crippen molar-refractivity contribution in [2.75, 3.05) is 13.1 Å². The van der Waals surface area contributed by atoms with Gasteiger partial charge in [0.2, 0.25) is 0 Å². The van der Waals surface area contributed by atoms with Crippen LogP contribution in [0.2, 0.25) is 0 Å². The van der Waals surface area contributed by atoms with Gasteiger partial charge in [0.05, 0.1) is 0 Å². The first-order valence-electron chi connectivity index (χ1n) is 6.94. The average Bonchev–Trinajstić information content (AvgIpc) is 2.92. The molecule has 104 valence electrons. The maximum Gasteiger partial charge on any atom is 0.254 e. The minimum absolute atomic E-state index is 0.0282. The second-order valence-corrected chi connectivity index (χ2v) is 5.23. The van der Waals surface area contributed by atoms with Crippen LogP contribution in [0, 0.1) is 6.92 Å². The molecule has 0 spiro atoms. The van der Waals surface area contributed by atoms with E-state index in [1.807, 2.05) is 4.90 Å². The molecule has 4 nitrogen and oxygen atoms in total. The molecule has 1 saturated carbocycles. The number of carbonyl (C=O) groups is 1. The quantitative estimate of drug-likeness (QED) is 0.872. The van der Waals surface area contributed by atoms with Gasteiger partial charge in [-0.25, -0.2) is 0 Å². The van der Waals surface area contributed by atoms with Crippen LogP contribution in [0.15, 0.2) is 18.2 Å². The number of phenolic OH excluding ortho intramolecular Hbond substituents is 1. The first-order chi connectivity index (χ1) is 9.13. The van der Waals surface area contributed by atoms with Crippen molar-refractivity contribution in [1.29, 1.82) is 0 Å². The zero-order valence-corrected chi connectivity index (χ0v) is 11.4. The summed E-state index contributed by atoms with van der Waals surface area (Å²) in [6.45, 7) is 2.89. The van der Waals surface area contributed by atoms with Crippen molar-refractivity contribution in [3.63, 3.8) is 0 Å². The monoisotopic (exact) mass is 262 g/mol. The Morgan fingerprint density at radius 3 is 2.68 bits per heavy atom. The van der Waals surface area contributed by atoms with Crippen molar-refractivity contribution in [1.82, 2.24) is 4.90 Å². The highest BCUT2D eigenvalue weighted by atomic mass is 16.3. The van der Waals surface area contributed by atoms with E-state index in [1.54, 1.807) is 25.1 Å². The van der Waals surface area contributed by atoms with Gasteiger partial charge in [0.25, 0.3) is 5.91 Å². The van der Waals surface area contributed by atoms with Crippen molar-refractivity contribution in [2.24, 2.45) is 5.73 Å². The third kappa shape index (κ3) is 3.07. The molecule has 1 aliphatic carbocycles. The van der Waals surface area contributed by atoms with Gasteiger partial charge >= 0.3 is 0 Å². The Balaban J connectivity index is 2.20. The van der Waals surface area contributed by atoms with Crippen LogP contribution in [-0.2, 0) is 0 Å². The van der Waals surface area contributed by atoms with Gasteiger partial charge in [0.15, 0.2) is 0 Å². The Morgan fingerprint density at radius 1 is 1.42 bits per heavy atom. The highest BCUT2D eigenvalue weighted by molar-refractivity contribution is 5.94. The molecule has 0 heterocycles. The topological polar surface area (TPSA) is 66.6 Å². The largest absolute Gasteiger partial charge is 0.508 e. The second-order valence-electron chi connectivity index (χ2n) is 5.23. The van der Waals surface area contributed by atoms with Gasteiger partial charge in [-0.15, -0.1) is 0 Å². The number of amides is 1. The number of hydrogen-bond acceptors (Lipinski definition) is 3. The van der Waals surface area contributed by atoms with Crippen molar-refractivity contribution in [2.45, 2.75) is 38.6 Å². The van der Waals surface area contributed by atoms with Crippen LogP contribution in [0.3, 0.4) is 0 Å². The van der Waals surface area contributed by atoms with E-state index in [2.05, 4.69) is 0 Å². The summed E-state index contributed by atoms with van der Waals surface area (Å²) in [4.78, 5) is 14.5. The number of aryl methyl sites for hydroxylation is 1. The highest BCUT2D eigenvalue weighted by Gasteiger charge is 2.26. The zero-order chi connectivity index (χ0) is 13.8. The molecule has 19 heavy (non-hydrogen) atoms. The van der Waals surface area contributed by atoms with Gasteiger partial charge in [0.1, 0.15) is 5.75 Å². The molecule has 0 aromatic heterocycles. The normalized spacial score (nSPS) is 15.7. The summed E-state index contributed by atoms with van der Waals surface area (Å²) in [5.41, 5.74) is 6.99. The van der Waals surface area contributed by atoms with Gasteiger partial charge in [-0.3, -0.25) is 4.79 Å². The standard InChI is InChI=1S/C15H22N2O2/c1-11-10-12(6-7-14(11)18)15(19)17(9-8-16)13-4-2-3-5-13/h6-7,10,13,18H,2-5,8-9,16H2,1H3. The summed E-state index contributed by atoms with van der Waals surface area (Å²) < 4.78 is 0. The van der Waals surface area contributed by atoms with E-state index >= 15 is 0 Å². The SMILES string of the molecule is Cc1cc(C(=O)N(CCN)C2CCCC2)ccc1O. The minimum Gasteiger partial charge on any atom is -0.508 e. The predicted octanol–water partition coefficient (Wildman–Crippen LogP) is 2.04. The van der Waals surface area contributed by atoms with Crippen molar-refractivity contribution in [3.05, 3.63) is 29.3 Å². The Morgan fingerprint density at radius 2 is 2.11 bits per heavy atom. The zero-order valence-electron chi connectivity index (χ0n) is 11.4. The van der Waals surface area contributed by atoms with Gasteiger partial charge in [0, 0.05) is 24.7 Å². The number of nitrogens with two attached hydrogens (primary N) is 1. The lowest BCUT2D eigenvalue weighted by molar-refractivity contribution is 0.0688. The van der Waals surface area contributed by atoms with Gasteiger partial charge in [-0.1, -0.05) is 12.8 Å². The van der Waals surface area contributed by atoms with Gasteiger partial charge in [-0.2, -0.15) is 0 Å². The van der Waals surface area contributed by atoms with E-state index < -0.39 is 0 Å². The summed E-state index contributed by atoms with van der Waals surface area (Å²) in [6, 6.07) is 5.34. The van der Waals surface area contributed by atoms with Crippen LogP contribution >= 0.6 is 0 Å². The lowest BCUT2D eigenvalue weighted by atomic mass is 10.1. The molecule has 2 rings (SSSR count). The molecule has 0 unspecified atom stereocenters. The lowest BCUT2D eigenvalue weighted by Crippen LogP contribution is -2.42. The van der Waals surface area contributed by atoms with Crippen LogP contribution in [0.5, 0.6) is 5.75 Å². The summed E-state index contributed by atoms with van der Waals surface area (Å²) in [5, 5.41) is 9.53. The molecule has 1 fully saturated rings. The maximum absolute atomic E-state index is 12.6. The summed E-state index contributed by atoms with van der Waals surface area (Å²) >= 11 is 0. The van der Waals surface area contributed by atoms with E-state index in [9.17, 15) is 9.90 Å². The summed E-state index contributed by atoms with van der Waals surface area (Å²) in [6.07, 6.45) is 4.52. The lowest BCUT2D eigenvalue weighted by Gasteiger charge is -2.28. The number of carbonyl (C=O) groups excluding carboxylic acids is 1. The van der Waals surface area contributed by atoms with Crippen LogP contribution in [0.25, 0.3) is 0 Å². The third-order valence-corrected chi connectivity index (χ3v) is 3.84. The Kier molecular flexibility index (Phi) is 4.43. The number of hydrogen-bond donors (Lipinski definition) is 2. The van der Waals surface area contributed by atoms with Crippen LogP contribution < -0.4 is 5.73 Å². The molecule has 4 heteroatoms. The molecule has 3 N–H and O–H groups in total. The van der Waals surface area contributed by atoms with Crippen LogP contribution in [0.1, 0.15) is 41.6 Å². The molecule has 0 bridgehead atoms. The molecule has 0 saturated heterocycles. The Labute approximate surface area is 114 Å². The molecular formula is C15H22N2O2. The second kappa shape index (κ2) is 6.06. The Hall–Kier alpha value is -1.55. The molecule has 0 atom stereocenters. The fourth-order valence-electron chi connectivity index (χ4n) is 2.76. The smallest absolute Gasteiger partial charge is 0.254 e. The molecular weight excluding hydrogens is 240 g/mol. The minimum atomic E-state index is 0.0282. The fourth-order valence-corrected chi connectivity index (χ4v) is 2.76. The predicted molar refractivity (Wildman–Crippen MR) is 75.2 cm³/mol. The average molecular weight is 262 g/mol. The fraction of sp³-hybridized carbons (Fsp3) is 0.533. The van der Waals surface area contributed by atoms with E-state index in [0.717, 1.165) is 18.4 Å². The first-order valence-corrected chi connectivity index (χ1v) is 6.94. The van der Waals surface area contributed by atoms with Crippen molar-refractivity contribution in [3.8, 4) is 5.75 Å². The van der Waals surface area contributed by atoms with E-state index in [-0.39, 0.29) is 11.7 Å². The third-order valence-electron chi connectivity index (χ3n) is 3.84. The maximum atomic E-state index is 12.6. The number of phenols is 1. The van der Waals surface area contributed by atoms with Crippen LogP contribution in [-0.4, -0.2) is 35.0 Å². The Bertz CT molecular complexity index is 453. The summed E-state index contributed by atoms with van der Waals surface area (Å²) in [7, 11) is 0. The van der Waals surface area contributed by atoms with Crippen molar-refractivity contribution < 1.29 is 9.90 Å². The number of benzene rings is 1. The van der Waals surface area contributed by atoms with Gasteiger partial charge in [-0.05, 0) is 43.5 Å². The molecule has 1 aromatic rings. The molecule has 1 amide bonds. The van der Waals surface area contributed by atoms with Gasteiger partial charge < -0.3 is 15.7 Å². The molecule has 0 radical (unpaired) electrons. The molecule has 1 aliphatic rings. The van der Waals surface area contributed by atoms with E-state index in [4.69, 9.17) is 5.73 Å². The van der Waals surface area contributed by atoms with E-state index in [0.29, 0.717) is 24.7 Å². The van der Waals surface area contributed by atoms with Crippen molar-refractivity contribution >= 4 is 5.91 Å².